The third-order valence-corrected chi connectivity index (χ3v) is 4.02. The Morgan fingerprint density at radius 3 is 2.71 bits per heavy atom. The molecule has 5 heteroatoms. The largest absolute Gasteiger partial charge is 0.333 e. The van der Waals surface area contributed by atoms with E-state index in [4.69, 9.17) is 11.6 Å². The number of aryl methyl sites for hydroxylation is 1. The van der Waals surface area contributed by atoms with Gasteiger partial charge in [0.1, 0.15) is 0 Å². The molecule has 3 nitrogen and oxygen atoms in total. The van der Waals surface area contributed by atoms with Gasteiger partial charge in [0.05, 0.1) is 17.8 Å². The SMILES string of the molecule is CCN(Cc1cccc(C)n1)C(=O)c1ccc(Cl)cc1Br. The van der Waals surface area contributed by atoms with Crippen molar-refractivity contribution in [2.45, 2.75) is 20.4 Å². The van der Waals surface area contributed by atoms with Crippen LogP contribution in [0.1, 0.15) is 28.7 Å². The highest BCUT2D eigenvalue weighted by Gasteiger charge is 2.17. The van der Waals surface area contributed by atoms with Gasteiger partial charge in [0, 0.05) is 21.7 Å². The molecule has 0 aliphatic rings. The van der Waals surface area contributed by atoms with Crippen LogP contribution in [0.15, 0.2) is 40.9 Å². The number of pyridine rings is 1. The summed E-state index contributed by atoms with van der Waals surface area (Å²) in [5.41, 5.74) is 2.44. The highest BCUT2D eigenvalue weighted by Crippen LogP contribution is 2.23. The molecule has 0 bridgehead atoms. The Balaban J connectivity index is 2.22. The lowest BCUT2D eigenvalue weighted by molar-refractivity contribution is 0.0749. The predicted molar refractivity (Wildman–Crippen MR) is 88.5 cm³/mol. The number of nitrogens with zero attached hydrogens (tertiary/aromatic N) is 2. The van der Waals surface area contributed by atoms with Gasteiger partial charge in [0.15, 0.2) is 0 Å². The van der Waals surface area contributed by atoms with E-state index in [9.17, 15) is 4.79 Å². The zero-order chi connectivity index (χ0) is 15.4. The molecule has 0 saturated heterocycles. The number of benzene rings is 1. The van der Waals surface area contributed by atoms with Gasteiger partial charge in [-0.15, -0.1) is 0 Å². The number of hydrogen-bond donors (Lipinski definition) is 0. The lowest BCUT2D eigenvalue weighted by Gasteiger charge is -2.21. The van der Waals surface area contributed by atoms with E-state index >= 15 is 0 Å². The van der Waals surface area contributed by atoms with E-state index in [1.165, 1.54) is 0 Å². The molecule has 0 spiro atoms. The molecule has 110 valence electrons. The van der Waals surface area contributed by atoms with Crippen molar-refractivity contribution in [3.8, 4) is 0 Å². The van der Waals surface area contributed by atoms with Crippen LogP contribution in [-0.2, 0) is 6.54 Å². The molecule has 1 aromatic carbocycles. The Hall–Kier alpha value is -1.39. The average molecular weight is 368 g/mol. The van der Waals surface area contributed by atoms with Crippen LogP contribution in [0.4, 0.5) is 0 Å². The second-order valence-corrected chi connectivity index (χ2v) is 6.00. The first-order chi connectivity index (χ1) is 10.0. The Morgan fingerprint density at radius 1 is 1.33 bits per heavy atom. The van der Waals surface area contributed by atoms with Gasteiger partial charge in [-0.2, -0.15) is 0 Å². The molecular formula is C16H16BrClN2O. The minimum Gasteiger partial charge on any atom is -0.333 e. The summed E-state index contributed by atoms with van der Waals surface area (Å²) < 4.78 is 0.704. The maximum atomic E-state index is 12.6. The van der Waals surface area contributed by atoms with Crippen molar-refractivity contribution < 1.29 is 4.79 Å². The number of carbonyl (C=O) groups is 1. The molecule has 21 heavy (non-hydrogen) atoms. The fourth-order valence-corrected chi connectivity index (χ4v) is 2.90. The summed E-state index contributed by atoms with van der Waals surface area (Å²) in [6.07, 6.45) is 0. The standard InChI is InChI=1S/C16H16BrClN2O/c1-3-20(10-13-6-4-5-11(2)19-13)16(21)14-8-7-12(18)9-15(14)17/h4-9H,3,10H2,1-2H3. The molecule has 1 heterocycles. The maximum Gasteiger partial charge on any atom is 0.255 e. The van der Waals surface area contributed by atoms with E-state index in [0.717, 1.165) is 11.4 Å². The Bertz CT molecular complexity index is 660. The molecule has 0 radical (unpaired) electrons. The zero-order valence-electron chi connectivity index (χ0n) is 11.9. The van der Waals surface area contributed by atoms with E-state index in [1.54, 1.807) is 23.1 Å². The molecule has 0 atom stereocenters. The summed E-state index contributed by atoms with van der Waals surface area (Å²) in [5.74, 6) is -0.0376. The van der Waals surface area contributed by atoms with Crippen LogP contribution >= 0.6 is 27.5 Å². The summed E-state index contributed by atoms with van der Waals surface area (Å²) in [5, 5.41) is 0.599. The van der Waals surface area contributed by atoms with Gasteiger partial charge in [-0.05, 0) is 60.1 Å². The van der Waals surface area contributed by atoms with Crippen LogP contribution in [0.5, 0.6) is 0 Å². The number of carbonyl (C=O) groups excluding carboxylic acids is 1. The smallest absolute Gasteiger partial charge is 0.255 e. The minimum atomic E-state index is -0.0376. The molecule has 0 unspecified atom stereocenters. The topological polar surface area (TPSA) is 33.2 Å². The average Bonchev–Trinajstić information content (AvgIpc) is 2.44. The lowest BCUT2D eigenvalue weighted by Crippen LogP contribution is -2.31. The fourth-order valence-electron chi connectivity index (χ4n) is 2.04. The Labute approximate surface area is 138 Å². The van der Waals surface area contributed by atoms with Crippen molar-refractivity contribution in [2.75, 3.05) is 6.54 Å². The molecule has 2 aromatic rings. The second kappa shape index (κ2) is 7.05. The normalized spacial score (nSPS) is 10.5. The zero-order valence-corrected chi connectivity index (χ0v) is 14.3. The van der Waals surface area contributed by atoms with E-state index < -0.39 is 0 Å². The van der Waals surface area contributed by atoms with Crippen LogP contribution in [0.2, 0.25) is 5.02 Å². The van der Waals surface area contributed by atoms with Crippen molar-refractivity contribution in [2.24, 2.45) is 0 Å². The molecular weight excluding hydrogens is 352 g/mol. The van der Waals surface area contributed by atoms with Gasteiger partial charge >= 0.3 is 0 Å². The molecule has 0 N–H and O–H groups in total. The van der Waals surface area contributed by atoms with E-state index in [0.29, 0.717) is 28.1 Å². The first kappa shape index (κ1) is 16.0. The molecule has 0 fully saturated rings. The van der Waals surface area contributed by atoms with Crippen molar-refractivity contribution in [3.05, 3.63) is 62.8 Å². The van der Waals surface area contributed by atoms with Gasteiger partial charge in [-0.25, -0.2) is 0 Å². The molecule has 1 aromatic heterocycles. The van der Waals surface area contributed by atoms with E-state index in [1.807, 2.05) is 32.0 Å². The molecule has 0 aliphatic heterocycles. The number of rotatable bonds is 4. The number of aromatic nitrogens is 1. The predicted octanol–water partition coefficient (Wildman–Crippen LogP) is 4.47. The summed E-state index contributed by atoms with van der Waals surface area (Å²) >= 11 is 9.31. The van der Waals surface area contributed by atoms with Crippen LogP contribution in [-0.4, -0.2) is 22.3 Å². The molecule has 0 saturated carbocycles. The molecule has 1 amide bonds. The van der Waals surface area contributed by atoms with E-state index in [2.05, 4.69) is 20.9 Å². The van der Waals surface area contributed by atoms with Gasteiger partial charge in [0.25, 0.3) is 5.91 Å². The summed E-state index contributed by atoms with van der Waals surface area (Å²) in [6.45, 7) is 5.00. The number of amides is 1. The first-order valence-electron chi connectivity index (χ1n) is 6.68. The third-order valence-electron chi connectivity index (χ3n) is 3.13. The van der Waals surface area contributed by atoms with Crippen molar-refractivity contribution in [1.82, 2.24) is 9.88 Å². The second-order valence-electron chi connectivity index (χ2n) is 4.71. The maximum absolute atomic E-state index is 12.6. The van der Waals surface area contributed by atoms with E-state index in [-0.39, 0.29) is 5.91 Å². The van der Waals surface area contributed by atoms with Gasteiger partial charge in [-0.1, -0.05) is 17.7 Å². The number of halogens is 2. The summed E-state index contributed by atoms with van der Waals surface area (Å²) in [4.78, 5) is 18.8. The monoisotopic (exact) mass is 366 g/mol. The van der Waals surface area contributed by atoms with Crippen molar-refractivity contribution in [3.63, 3.8) is 0 Å². The quantitative estimate of drug-likeness (QED) is 0.799. The highest BCUT2D eigenvalue weighted by atomic mass is 79.9. The summed E-state index contributed by atoms with van der Waals surface area (Å²) in [6, 6.07) is 11.0. The summed E-state index contributed by atoms with van der Waals surface area (Å²) in [7, 11) is 0. The first-order valence-corrected chi connectivity index (χ1v) is 7.85. The molecule has 0 aliphatic carbocycles. The Morgan fingerprint density at radius 2 is 2.10 bits per heavy atom. The van der Waals surface area contributed by atoms with Crippen molar-refractivity contribution in [1.29, 1.82) is 0 Å². The third kappa shape index (κ3) is 4.05. The number of hydrogen-bond acceptors (Lipinski definition) is 2. The van der Waals surface area contributed by atoms with Gasteiger partial charge in [-0.3, -0.25) is 9.78 Å². The van der Waals surface area contributed by atoms with Gasteiger partial charge in [0.2, 0.25) is 0 Å². The fraction of sp³-hybridized carbons (Fsp3) is 0.250. The minimum absolute atomic E-state index is 0.0376. The lowest BCUT2D eigenvalue weighted by atomic mass is 10.2. The van der Waals surface area contributed by atoms with Crippen molar-refractivity contribution >= 4 is 33.4 Å². The van der Waals surface area contributed by atoms with Crippen LogP contribution in [0.25, 0.3) is 0 Å². The molecule has 2 rings (SSSR count). The van der Waals surface area contributed by atoms with Crippen LogP contribution < -0.4 is 0 Å². The van der Waals surface area contributed by atoms with Crippen LogP contribution in [0, 0.1) is 6.92 Å². The Kier molecular flexibility index (Phi) is 5.37. The van der Waals surface area contributed by atoms with Gasteiger partial charge < -0.3 is 4.90 Å². The van der Waals surface area contributed by atoms with Crippen LogP contribution in [0.3, 0.4) is 0 Å². The highest BCUT2D eigenvalue weighted by molar-refractivity contribution is 9.10.